The molecule has 0 saturated heterocycles. The Hall–Kier alpha value is -3.52. The summed E-state index contributed by atoms with van der Waals surface area (Å²) in [5.41, 5.74) is 3.83. The Balaban J connectivity index is 1.52. The van der Waals surface area contributed by atoms with Crippen molar-refractivity contribution in [3.05, 3.63) is 71.2 Å². The van der Waals surface area contributed by atoms with Crippen LogP contribution in [0.15, 0.2) is 48.5 Å². The number of hydrogen-bond acceptors (Lipinski definition) is 5. The van der Waals surface area contributed by atoms with E-state index in [1.807, 2.05) is 37.3 Å². The van der Waals surface area contributed by atoms with Crippen LogP contribution in [0.5, 0.6) is 5.75 Å². The number of halogens is 1. The molecule has 0 spiro atoms. The fraction of sp³-hybridized carbons (Fsp3) is 0.320. The second-order valence-corrected chi connectivity index (χ2v) is 8.76. The number of rotatable bonds is 7. The molecule has 2 aromatic carbocycles. The van der Waals surface area contributed by atoms with E-state index in [4.69, 9.17) is 9.94 Å². The van der Waals surface area contributed by atoms with Crippen LogP contribution in [-0.2, 0) is 22.6 Å². The molecule has 172 valence electrons. The number of amides is 2. The number of hydrogen-bond donors (Lipinski definition) is 2. The number of carbonyl (C=O) groups excluding carboxylic acids is 2. The van der Waals surface area contributed by atoms with Crippen LogP contribution < -0.4 is 10.2 Å². The Bertz CT molecular complexity index is 1230. The quantitative estimate of drug-likeness (QED) is 0.424. The molecular weight excluding hydrogens is 425 g/mol. The van der Waals surface area contributed by atoms with E-state index < -0.39 is 23.1 Å². The minimum atomic E-state index is -0.987. The molecule has 1 aliphatic carbocycles. The van der Waals surface area contributed by atoms with Crippen LogP contribution in [0.3, 0.4) is 0 Å². The summed E-state index contributed by atoms with van der Waals surface area (Å²) < 4.78 is 20.6. The Morgan fingerprint density at radius 2 is 2.00 bits per heavy atom. The van der Waals surface area contributed by atoms with Crippen molar-refractivity contribution in [1.29, 1.82) is 0 Å². The molecule has 0 bridgehead atoms. The summed E-state index contributed by atoms with van der Waals surface area (Å²) in [6.07, 6.45) is 0.484. The van der Waals surface area contributed by atoms with Gasteiger partial charge in [-0.3, -0.25) is 19.8 Å². The molecule has 8 heteroatoms. The maximum Gasteiger partial charge on any atom is 0.247 e. The maximum atomic E-state index is 14.9. The minimum Gasteiger partial charge on any atom is -0.486 e. The molecule has 2 atom stereocenters. The van der Waals surface area contributed by atoms with Crippen molar-refractivity contribution in [2.24, 2.45) is 11.3 Å². The first-order valence-electron chi connectivity index (χ1n) is 10.7. The molecule has 3 aromatic rings. The number of hydroxylamine groups is 1. The van der Waals surface area contributed by atoms with Gasteiger partial charge in [0.1, 0.15) is 6.61 Å². The van der Waals surface area contributed by atoms with Crippen LogP contribution in [-0.4, -0.2) is 41.0 Å². The highest BCUT2D eigenvalue weighted by atomic mass is 19.1. The zero-order valence-electron chi connectivity index (χ0n) is 18.8. The standard InChI is InChI=1S/C25H26FN3O4/c1-15-10-17(18-6-4-5-7-21(18)27-15)14-33-22-9-8-16(11-20(22)26)12-25(24(31)29(2)3)13-19(25)23(30)28-32/h4-11,19,32H,12-14H2,1-3H3,(H,28,30)/t19-,25+/m1/s1. The van der Waals surface area contributed by atoms with E-state index in [2.05, 4.69) is 4.98 Å². The molecule has 33 heavy (non-hydrogen) atoms. The van der Waals surface area contributed by atoms with Crippen LogP contribution in [0.2, 0.25) is 0 Å². The van der Waals surface area contributed by atoms with E-state index >= 15 is 0 Å². The third-order valence-electron chi connectivity index (χ3n) is 6.16. The van der Waals surface area contributed by atoms with Gasteiger partial charge in [-0.15, -0.1) is 0 Å². The van der Waals surface area contributed by atoms with Crippen molar-refractivity contribution in [3.63, 3.8) is 0 Å². The van der Waals surface area contributed by atoms with Crippen molar-refractivity contribution in [3.8, 4) is 5.75 Å². The van der Waals surface area contributed by atoms with E-state index in [-0.39, 0.29) is 24.7 Å². The second kappa shape index (κ2) is 8.78. The second-order valence-electron chi connectivity index (χ2n) is 8.76. The third kappa shape index (κ3) is 4.39. The largest absolute Gasteiger partial charge is 0.486 e. The summed E-state index contributed by atoms with van der Waals surface area (Å²) in [7, 11) is 3.22. The van der Waals surface area contributed by atoms with Crippen LogP contribution in [0.4, 0.5) is 4.39 Å². The first-order valence-corrected chi connectivity index (χ1v) is 10.7. The number of nitrogens with one attached hydrogen (secondary N) is 1. The van der Waals surface area contributed by atoms with Crippen LogP contribution in [0, 0.1) is 24.1 Å². The van der Waals surface area contributed by atoms with Crippen molar-refractivity contribution < 1.29 is 23.9 Å². The number of aryl methyl sites for hydroxylation is 1. The van der Waals surface area contributed by atoms with Crippen molar-refractivity contribution in [1.82, 2.24) is 15.4 Å². The highest BCUT2D eigenvalue weighted by molar-refractivity contribution is 5.95. The highest BCUT2D eigenvalue weighted by Crippen LogP contribution is 2.56. The van der Waals surface area contributed by atoms with Gasteiger partial charge in [-0.2, -0.15) is 0 Å². The van der Waals surface area contributed by atoms with E-state index in [0.717, 1.165) is 22.2 Å². The van der Waals surface area contributed by atoms with Crippen molar-refractivity contribution in [2.45, 2.75) is 26.4 Å². The lowest BCUT2D eigenvalue weighted by Gasteiger charge is -2.21. The van der Waals surface area contributed by atoms with E-state index in [1.165, 1.54) is 17.0 Å². The molecule has 1 aliphatic rings. The molecule has 0 aliphatic heterocycles. The van der Waals surface area contributed by atoms with Gasteiger partial charge in [0.25, 0.3) is 0 Å². The number of carbonyl (C=O) groups is 2. The summed E-state index contributed by atoms with van der Waals surface area (Å²) in [4.78, 5) is 30.6. The summed E-state index contributed by atoms with van der Waals surface area (Å²) in [6.45, 7) is 2.08. The Kier molecular flexibility index (Phi) is 6.03. The Morgan fingerprint density at radius 3 is 2.70 bits per heavy atom. The summed E-state index contributed by atoms with van der Waals surface area (Å²) >= 11 is 0. The highest BCUT2D eigenvalue weighted by Gasteiger charge is 2.63. The number of nitrogens with zero attached hydrogens (tertiary/aromatic N) is 2. The first kappa shape index (κ1) is 22.7. The molecule has 1 saturated carbocycles. The number of ether oxygens (including phenoxy) is 1. The van der Waals surface area contributed by atoms with Crippen molar-refractivity contribution in [2.75, 3.05) is 14.1 Å². The first-order chi connectivity index (χ1) is 15.7. The van der Waals surface area contributed by atoms with Crippen LogP contribution in [0.25, 0.3) is 10.9 Å². The maximum absolute atomic E-state index is 14.9. The summed E-state index contributed by atoms with van der Waals surface area (Å²) in [5, 5.41) is 9.93. The molecule has 4 rings (SSSR count). The fourth-order valence-electron chi connectivity index (χ4n) is 4.48. The van der Waals surface area contributed by atoms with E-state index in [0.29, 0.717) is 12.0 Å². The number of aromatic nitrogens is 1. The topological polar surface area (TPSA) is 91.8 Å². The van der Waals surface area contributed by atoms with E-state index in [9.17, 15) is 14.0 Å². The number of pyridine rings is 1. The average Bonchev–Trinajstić information content (AvgIpc) is 3.52. The molecule has 1 aromatic heterocycles. The number of para-hydroxylation sites is 1. The monoisotopic (exact) mass is 451 g/mol. The van der Waals surface area contributed by atoms with Gasteiger partial charge in [0.15, 0.2) is 11.6 Å². The SMILES string of the molecule is Cc1cc(COc2ccc(C[C@]3(C(=O)N(C)C)C[C@@H]3C(=O)NO)cc2F)c2ccccc2n1. The zero-order chi connectivity index (χ0) is 23.8. The molecule has 2 N–H and O–H groups in total. The average molecular weight is 451 g/mol. The van der Waals surface area contributed by atoms with Gasteiger partial charge >= 0.3 is 0 Å². The predicted octanol–water partition coefficient (Wildman–Crippen LogP) is 3.40. The van der Waals surface area contributed by atoms with Gasteiger partial charge in [-0.25, -0.2) is 9.87 Å². The van der Waals surface area contributed by atoms with Crippen LogP contribution in [0.1, 0.15) is 23.2 Å². The number of benzene rings is 2. The summed E-state index contributed by atoms with van der Waals surface area (Å²) in [5.74, 6) is -1.92. The van der Waals surface area contributed by atoms with Gasteiger partial charge in [0, 0.05) is 30.7 Å². The minimum absolute atomic E-state index is 0.103. The number of fused-ring (bicyclic) bond motifs is 1. The lowest BCUT2D eigenvalue weighted by Crippen LogP contribution is -2.36. The molecule has 7 nitrogen and oxygen atoms in total. The lowest BCUT2D eigenvalue weighted by molar-refractivity contribution is -0.139. The predicted molar refractivity (Wildman–Crippen MR) is 120 cm³/mol. The van der Waals surface area contributed by atoms with Crippen molar-refractivity contribution >= 4 is 22.7 Å². The van der Waals surface area contributed by atoms with Gasteiger partial charge in [-0.05, 0) is 49.6 Å². The Morgan fingerprint density at radius 1 is 1.24 bits per heavy atom. The smallest absolute Gasteiger partial charge is 0.247 e. The molecule has 0 unspecified atom stereocenters. The fourth-order valence-corrected chi connectivity index (χ4v) is 4.48. The molecule has 2 amide bonds. The van der Waals surface area contributed by atoms with Gasteiger partial charge in [0.2, 0.25) is 11.8 Å². The van der Waals surface area contributed by atoms with E-state index in [1.54, 1.807) is 25.6 Å². The molecular formula is C25H26FN3O4. The van der Waals surface area contributed by atoms with Gasteiger partial charge < -0.3 is 9.64 Å². The molecule has 1 heterocycles. The van der Waals surface area contributed by atoms with Gasteiger partial charge in [0.05, 0.1) is 16.8 Å². The zero-order valence-corrected chi connectivity index (χ0v) is 18.8. The Labute approximate surface area is 191 Å². The lowest BCUT2D eigenvalue weighted by atomic mass is 9.92. The normalized spacial score (nSPS) is 19.2. The van der Waals surface area contributed by atoms with Gasteiger partial charge in [-0.1, -0.05) is 24.3 Å². The molecule has 0 radical (unpaired) electrons. The third-order valence-corrected chi connectivity index (χ3v) is 6.16. The van der Waals surface area contributed by atoms with Crippen LogP contribution >= 0.6 is 0 Å². The molecule has 1 fully saturated rings. The summed E-state index contributed by atoms with van der Waals surface area (Å²) in [6, 6.07) is 14.2.